The second kappa shape index (κ2) is 4.15. The normalized spacial score (nSPS) is 11.4. The maximum atomic E-state index is 11.4. The molecular weight excluding hydrogens is 270 g/mol. The van der Waals surface area contributed by atoms with Crippen molar-refractivity contribution in [2.75, 3.05) is 0 Å². The third-order valence-electron chi connectivity index (χ3n) is 1.46. The average molecular weight is 274 g/mol. The Balaban J connectivity index is 3.19. The van der Waals surface area contributed by atoms with Gasteiger partial charge in [-0.2, -0.15) is 0 Å². The quantitative estimate of drug-likeness (QED) is 0.627. The molecule has 1 aromatic rings. The highest BCUT2D eigenvalue weighted by molar-refractivity contribution is 6.77. The van der Waals surface area contributed by atoms with E-state index in [1.165, 1.54) is 18.2 Å². The Bertz CT molecular complexity index is 370. The molecular formula is C8H4Cl4O2. The van der Waals surface area contributed by atoms with Gasteiger partial charge in [0.15, 0.2) is 0 Å². The van der Waals surface area contributed by atoms with Gasteiger partial charge in [0, 0.05) is 5.02 Å². The summed E-state index contributed by atoms with van der Waals surface area (Å²) >= 11 is 21.7. The van der Waals surface area contributed by atoms with Gasteiger partial charge in [-0.1, -0.05) is 46.4 Å². The molecule has 1 aromatic carbocycles. The van der Waals surface area contributed by atoms with E-state index in [0.29, 0.717) is 0 Å². The molecule has 14 heavy (non-hydrogen) atoms. The largest absolute Gasteiger partial charge is 0.507 e. The van der Waals surface area contributed by atoms with Crippen molar-refractivity contribution in [2.24, 2.45) is 0 Å². The van der Waals surface area contributed by atoms with Crippen molar-refractivity contribution in [3.8, 4) is 5.75 Å². The number of Topliss-reactive ketones (excluding diaryl/α,β-unsaturated/α-hetero) is 1. The van der Waals surface area contributed by atoms with Gasteiger partial charge in [0.2, 0.25) is 5.78 Å². The zero-order valence-electron chi connectivity index (χ0n) is 6.60. The Kier molecular flexibility index (Phi) is 3.53. The number of carbonyl (C=O) groups excluding carboxylic acids is 1. The summed E-state index contributed by atoms with van der Waals surface area (Å²) < 4.78 is -2.10. The van der Waals surface area contributed by atoms with Crippen LogP contribution < -0.4 is 0 Å². The van der Waals surface area contributed by atoms with Gasteiger partial charge >= 0.3 is 0 Å². The van der Waals surface area contributed by atoms with Gasteiger partial charge in [-0.05, 0) is 18.2 Å². The monoisotopic (exact) mass is 272 g/mol. The summed E-state index contributed by atoms with van der Waals surface area (Å²) in [5, 5.41) is 9.59. The fourth-order valence-electron chi connectivity index (χ4n) is 0.843. The van der Waals surface area contributed by atoms with Crippen LogP contribution in [-0.4, -0.2) is 14.7 Å². The Morgan fingerprint density at radius 3 is 2.36 bits per heavy atom. The van der Waals surface area contributed by atoms with E-state index in [2.05, 4.69) is 0 Å². The number of phenolic OH excluding ortho intramolecular Hbond substituents is 1. The van der Waals surface area contributed by atoms with Crippen molar-refractivity contribution in [1.82, 2.24) is 0 Å². The van der Waals surface area contributed by atoms with Gasteiger partial charge in [0.1, 0.15) is 5.75 Å². The van der Waals surface area contributed by atoms with Crippen LogP contribution in [0.3, 0.4) is 0 Å². The maximum absolute atomic E-state index is 11.4. The zero-order valence-corrected chi connectivity index (χ0v) is 9.62. The van der Waals surface area contributed by atoms with Crippen molar-refractivity contribution in [3.63, 3.8) is 0 Å². The van der Waals surface area contributed by atoms with E-state index < -0.39 is 9.58 Å². The van der Waals surface area contributed by atoms with Gasteiger partial charge in [-0.25, -0.2) is 0 Å². The molecule has 1 rings (SSSR count). The third-order valence-corrected chi connectivity index (χ3v) is 2.21. The fourth-order valence-corrected chi connectivity index (χ4v) is 1.32. The minimum atomic E-state index is -2.10. The lowest BCUT2D eigenvalue weighted by molar-refractivity contribution is 0.0994. The highest BCUT2D eigenvalue weighted by Crippen LogP contribution is 2.34. The summed E-state index contributed by atoms with van der Waals surface area (Å²) in [6.45, 7) is 0. The molecule has 0 saturated carbocycles. The minimum Gasteiger partial charge on any atom is -0.507 e. The van der Waals surface area contributed by atoms with Crippen LogP contribution >= 0.6 is 46.4 Å². The predicted octanol–water partition coefficient (Wildman–Crippen LogP) is 3.60. The molecule has 0 amide bonds. The lowest BCUT2D eigenvalue weighted by Gasteiger charge is -2.10. The number of rotatable bonds is 1. The van der Waals surface area contributed by atoms with E-state index >= 15 is 0 Å². The number of aromatic hydroxyl groups is 1. The lowest BCUT2D eigenvalue weighted by Crippen LogP contribution is -2.18. The van der Waals surface area contributed by atoms with E-state index in [4.69, 9.17) is 46.4 Å². The Morgan fingerprint density at radius 2 is 1.86 bits per heavy atom. The van der Waals surface area contributed by atoms with E-state index in [1.807, 2.05) is 0 Å². The van der Waals surface area contributed by atoms with Crippen molar-refractivity contribution in [3.05, 3.63) is 28.8 Å². The smallest absolute Gasteiger partial charge is 0.253 e. The first kappa shape index (κ1) is 11.9. The summed E-state index contributed by atoms with van der Waals surface area (Å²) in [6.07, 6.45) is 0. The van der Waals surface area contributed by atoms with Crippen LogP contribution in [0.25, 0.3) is 0 Å². The molecule has 0 fully saturated rings. The molecule has 0 bridgehead atoms. The molecule has 0 atom stereocenters. The molecule has 0 spiro atoms. The highest BCUT2D eigenvalue weighted by Gasteiger charge is 2.33. The van der Waals surface area contributed by atoms with Gasteiger partial charge in [-0.15, -0.1) is 0 Å². The van der Waals surface area contributed by atoms with Crippen molar-refractivity contribution in [2.45, 2.75) is 3.79 Å². The number of hydrogen-bond donors (Lipinski definition) is 1. The van der Waals surface area contributed by atoms with Crippen LogP contribution in [0.15, 0.2) is 18.2 Å². The van der Waals surface area contributed by atoms with Gasteiger partial charge in [0.05, 0.1) is 5.56 Å². The summed E-state index contributed by atoms with van der Waals surface area (Å²) in [5.74, 6) is -1.09. The Morgan fingerprint density at radius 1 is 1.29 bits per heavy atom. The molecule has 0 unspecified atom stereocenters. The van der Waals surface area contributed by atoms with E-state index in [9.17, 15) is 9.90 Å². The molecule has 1 N–H and O–H groups in total. The average Bonchev–Trinajstić information content (AvgIpc) is 2.06. The Labute approximate surface area is 100 Å². The molecule has 0 radical (unpaired) electrons. The van der Waals surface area contributed by atoms with Crippen LogP contribution in [0.5, 0.6) is 5.75 Å². The standard InChI is InChI=1S/C8H4Cl4O2/c9-4-1-2-6(13)5(3-4)7(14)8(10,11)12/h1-3,13H. The SMILES string of the molecule is O=C(c1cc(Cl)ccc1O)C(Cl)(Cl)Cl. The molecule has 76 valence electrons. The first-order valence-electron chi connectivity index (χ1n) is 3.42. The number of alkyl halides is 3. The number of hydrogen-bond acceptors (Lipinski definition) is 2. The lowest BCUT2D eigenvalue weighted by atomic mass is 10.1. The molecule has 0 aliphatic heterocycles. The van der Waals surface area contributed by atoms with E-state index in [-0.39, 0.29) is 16.3 Å². The van der Waals surface area contributed by atoms with E-state index in [1.54, 1.807) is 0 Å². The van der Waals surface area contributed by atoms with Crippen LogP contribution in [0.1, 0.15) is 10.4 Å². The summed E-state index contributed by atoms with van der Waals surface area (Å²) in [5.41, 5.74) is -0.113. The highest BCUT2D eigenvalue weighted by atomic mass is 35.6. The fraction of sp³-hybridized carbons (Fsp3) is 0.125. The number of carbonyl (C=O) groups is 1. The van der Waals surface area contributed by atoms with Gasteiger partial charge < -0.3 is 5.11 Å². The molecule has 6 heteroatoms. The van der Waals surface area contributed by atoms with Crippen LogP contribution in [-0.2, 0) is 0 Å². The van der Waals surface area contributed by atoms with Crippen LogP contribution in [0.4, 0.5) is 0 Å². The summed E-state index contributed by atoms with van der Waals surface area (Å²) in [7, 11) is 0. The Hall–Kier alpha value is -0.150. The number of phenols is 1. The molecule has 2 nitrogen and oxygen atoms in total. The molecule has 0 saturated heterocycles. The van der Waals surface area contributed by atoms with E-state index in [0.717, 1.165) is 0 Å². The molecule has 0 aliphatic carbocycles. The minimum absolute atomic E-state index is 0.113. The number of halogens is 4. The molecule has 0 aliphatic rings. The second-order valence-electron chi connectivity index (χ2n) is 2.49. The van der Waals surface area contributed by atoms with Gasteiger partial charge in [-0.3, -0.25) is 4.79 Å². The first-order valence-corrected chi connectivity index (χ1v) is 4.93. The molecule has 0 heterocycles. The van der Waals surface area contributed by atoms with Crippen LogP contribution in [0, 0.1) is 0 Å². The molecule has 0 aromatic heterocycles. The summed E-state index contributed by atoms with van der Waals surface area (Å²) in [4.78, 5) is 11.4. The number of benzene rings is 1. The second-order valence-corrected chi connectivity index (χ2v) is 5.21. The van der Waals surface area contributed by atoms with Crippen molar-refractivity contribution >= 4 is 52.2 Å². The van der Waals surface area contributed by atoms with Crippen LogP contribution in [0.2, 0.25) is 5.02 Å². The topological polar surface area (TPSA) is 37.3 Å². The number of ketones is 1. The van der Waals surface area contributed by atoms with Crippen molar-refractivity contribution < 1.29 is 9.90 Å². The van der Waals surface area contributed by atoms with Crippen molar-refractivity contribution in [1.29, 1.82) is 0 Å². The summed E-state index contributed by atoms with van der Waals surface area (Å²) in [6, 6.07) is 3.92. The first-order chi connectivity index (χ1) is 6.32. The third kappa shape index (κ3) is 2.67. The zero-order chi connectivity index (χ0) is 10.9. The predicted molar refractivity (Wildman–Crippen MR) is 57.7 cm³/mol. The maximum Gasteiger partial charge on any atom is 0.253 e. The van der Waals surface area contributed by atoms with Gasteiger partial charge in [0.25, 0.3) is 3.79 Å².